The zero-order chi connectivity index (χ0) is 49.6. The van der Waals surface area contributed by atoms with Crippen LogP contribution in [0.5, 0.6) is 0 Å². The highest BCUT2D eigenvalue weighted by Crippen LogP contribution is 2.30. The Morgan fingerprint density at radius 2 is 0.314 bits per heavy atom. The molecule has 0 bridgehead atoms. The molecule has 0 heterocycles. The Kier molecular flexibility index (Phi) is 17.0. The third kappa shape index (κ3) is 14.1. The Morgan fingerprint density at radius 1 is 0.171 bits per heavy atom. The van der Waals surface area contributed by atoms with E-state index in [4.69, 9.17) is 0 Å². The van der Waals surface area contributed by atoms with Gasteiger partial charge in [0.05, 0.1) is 0 Å². The molecule has 0 fully saturated rings. The molecule has 0 nitrogen and oxygen atoms in total. The molecule has 0 atom stereocenters. The Labute approximate surface area is 415 Å². The van der Waals surface area contributed by atoms with Gasteiger partial charge in [-0.25, -0.2) is 8.78 Å². The predicted molar refractivity (Wildman–Crippen MR) is 296 cm³/mol. The van der Waals surface area contributed by atoms with Crippen LogP contribution in [-0.4, -0.2) is 0 Å². The fraction of sp³-hybridized carbons (Fsp3) is 0.118. The van der Waals surface area contributed by atoms with Gasteiger partial charge in [0.1, 0.15) is 11.6 Å². The summed E-state index contributed by atoms with van der Waals surface area (Å²) in [4.78, 5) is 0. The highest BCUT2D eigenvalue weighted by molar-refractivity contribution is 5.73. The zero-order valence-electron chi connectivity index (χ0n) is 41.7. The van der Waals surface area contributed by atoms with Crippen LogP contribution < -0.4 is 0 Å². The van der Waals surface area contributed by atoms with Crippen LogP contribution in [0.25, 0.3) is 66.8 Å². The summed E-state index contributed by atoms with van der Waals surface area (Å²) < 4.78 is 28.8. The van der Waals surface area contributed by atoms with Gasteiger partial charge in [0.2, 0.25) is 0 Å². The van der Waals surface area contributed by atoms with Gasteiger partial charge < -0.3 is 0 Å². The fourth-order valence-corrected chi connectivity index (χ4v) is 7.80. The lowest BCUT2D eigenvalue weighted by molar-refractivity contribution is 0.631. The summed E-state index contributed by atoms with van der Waals surface area (Å²) in [5, 5.41) is 0. The van der Waals surface area contributed by atoms with E-state index in [0.29, 0.717) is 11.1 Å². The second-order valence-corrected chi connectivity index (χ2v) is 18.3. The van der Waals surface area contributed by atoms with E-state index in [1.54, 1.807) is 12.1 Å². The van der Waals surface area contributed by atoms with E-state index >= 15 is 0 Å². The van der Waals surface area contributed by atoms with E-state index in [1.165, 1.54) is 66.8 Å². The van der Waals surface area contributed by atoms with E-state index in [2.05, 4.69) is 125 Å². The lowest BCUT2D eigenvalue weighted by atomic mass is 9.98. The van der Waals surface area contributed by atoms with Gasteiger partial charge in [-0.1, -0.05) is 263 Å². The van der Waals surface area contributed by atoms with Crippen molar-refractivity contribution in [3.8, 4) is 66.8 Å². The smallest absolute Gasteiger partial charge is 0.131 e. The minimum atomic E-state index is -0.183. The highest BCUT2D eigenvalue weighted by Gasteiger charge is 2.09. The van der Waals surface area contributed by atoms with Crippen molar-refractivity contribution >= 4 is 0 Å². The maximum Gasteiger partial charge on any atom is 0.131 e. The first kappa shape index (κ1) is 50.0. The SMILES string of the molecule is Cc1ccc(-c2ccc(-c3ccc(C)cc3)c(F)c2)cc1.Cc1ccc(-c2ccc(-c3ccc(C)cc3)c(F)c2)cc1.Cc1ccc(-c2ccc(C)cc2)cc1.Cc1ccc(-c2ccc(C)cc2)cc1. The number of hydrogen-bond acceptors (Lipinski definition) is 0. The van der Waals surface area contributed by atoms with Crippen LogP contribution in [0.15, 0.2) is 231 Å². The maximum absolute atomic E-state index is 14.4. The van der Waals surface area contributed by atoms with Crippen molar-refractivity contribution in [2.24, 2.45) is 0 Å². The molecule has 0 unspecified atom stereocenters. The second-order valence-electron chi connectivity index (χ2n) is 18.3. The summed E-state index contributed by atoms with van der Waals surface area (Å²) in [5.41, 5.74) is 22.1. The van der Waals surface area contributed by atoms with E-state index in [0.717, 1.165) is 33.4 Å². The minimum absolute atomic E-state index is 0.183. The molecule has 0 aliphatic carbocycles. The van der Waals surface area contributed by atoms with Crippen LogP contribution in [0.3, 0.4) is 0 Å². The first-order chi connectivity index (χ1) is 33.8. The van der Waals surface area contributed by atoms with E-state index < -0.39 is 0 Å². The number of benzene rings is 10. The van der Waals surface area contributed by atoms with Gasteiger partial charge in [0.15, 0.2) is 0 Å². The average molecular weight is 917 g/mol. The molecule has 0 saturated carbocycles. The molecule has 0 aliphatic heterocycles. The summed E-state index contributed by atoms with van der Waals surface area (Å²) in [6.07, 6.45) is 0. The molecule has 0 amide bonds. The number of rotatable bonds is 6. The molecule has 348 valence electrons. The van der Waals surface area contributed by atoms with Gasteiger partial charge in [-0.2, -0.15) is 0 Å². The van der Waals surface area contributed by atoms with Gasteiger partial charge in [0, 0.05) is 11.1 Å². The average Bonchev–Trinajstić information content (AvgIpc) is 3.37. The van der Waals surface area contributed by atoms with Crippen LogP contribution >= 0.6 is 0 Å². The summed E-state index contributed by atoms with van der Waals surface area (Å²) in [7, 11) is 0. The summed E-state index contributed by atoms with van der Waals surface area (Å²) >= 11 is 0. The van der Waals surface area contributed by atoms with Crippen molar-refractivity contribution < 1.29 is 8.78 Å². The summed E-state index contributed by atoms with van der Waals surface area (Å²) in [5.74, 6) is -0.367. The van der Waals surface area contributed by atoms with Gasteiger partial charge in [-0.05, 0) is 123 Å². The largest absolute Gasteiger partial charge is 0.206 e. The molecule has 0 radical (unpaired) electrons. The van der Waals surface area contributed by atoms with Crippen molar-refractivity contribution in [3.63, 3.8) is 0 Å². The lowest BCUT2D eigenvalue weighted by Crippen LogP contribution is -1.87. The first-order valence-corrected chi connectivity index (χ1v) is 23.9. The van der Waals surface area contributed by atoms with Crippen molar-refractivity contribution in [1.82, 2.24) is 0 Å². The van der Waals surface area contributed by atoms with Crippen molar-refractivity contribution in [1.29, 1.82) is 0 Å². The molecular formula is C68H62F2. The molecular weight excluding hydrogens is 855 g/mol. The molecule has 10 aromatic carbocycles. The van der Waals surface area contributed by atoms with Crippen molar-refractivity contribution in [3.05, 3.63) is 287 Å². The molecule has 0 aromatic heterocycles. The number of hydrogen-bond donors (Lipinski definition) is 0. The Morgan fingerprint density at radius 3 is 0.486 bits per heavy atom. The van der Waals surface area contributed by atoms with Crippen LogP contribution in [0.2, 0.25) is 0 Å². The monoisotopic (exact) mass is 916 g/mol. The standard InChI is InChI=1S/2C20H17F.2C14H14/c2*1-14-3-7-16(8-4-14)18-11-12-19(20(21)13-18)17-9-5-15(2)6-10-17;2*1-11-3-7-13(8-4-11)14-9-5-12(2)6-10-14/h2*3-13H,1-2H3;2*3-10H,1-2H3. The van der Waals surface area contributed by atoms with Crippen molar-refractivity contribution in [2.45, 2.75) is 55.4 Å². The van der Waals surface area contributed by atoms with Gasteiger partial charge in [-0.3, -0.25) is 0 Å². The molecule has 10 aromatic rings. The highest BCUT2D eigenvalue weighted by atomic mass is 19.1. The minimum Gasteiger partial charge on any atom is -0.206 e. The molecule has 70 heavy (non-hydrogen) atoms. The second kappa shape index (κ2) is 23.9. The first-order valence-electron chi connectivity index (χ1n) is 23.9. The van der Waals surface area contributed by atoms with E-state index in [9.17, 15) is 8.78 Å². The van der Waals surface area contributed by atoms with E-state index in [1.807, 2.05) is 149 Å². The topological polar surface area (TPSA) is 0 Å². The summed E-state index contributed by atoms with van der Waals surface area (Å²) in [6, 6.07) is 77.5. The molecule has 10 rings (SSSR count). The zero-order valence-corrected chi connectivity index (χ0v) is 41.7. The van der Waals surface area contributed by atoms with Gasteiger partial charge in [-0.15, -0.1) is 0 Å². The number of halogens is 2. The van der Waals surface area contributed by atoms with Crippen LogP contribution in [0.4, 0.5) is 8.78 Å². The lowest BCUT2D eigenvalue weighted by Gasteiger charge is -2.08. The Balaban J connectivity index is 0.000000140. The third-order valence-electron chi connectivity index (χ3n) is 12.3. The molecule has 2 heteroatoms. The normalized spacial score (nSPS) is 10.4. The van der Waals surface area contributed by atoms with Gasteiger partial charge >= 0.3 is 0 Å². The molecule has 0 spiro atoms. The maximum atomic E-state index is 14.4. The molecule has 0 aliphatic rings. The quantitative estimate of drug-likeness (QED) is 0.156. The fourth-order valence-electron chi connectivity index (χ4n) is 7.80. The molecule has 0 N–H and O–H groups in total. The Hall–Kier alpha value is -7.94. The van der Waals surface area contributed by atoms with Crippen LogP contribution in [0.1, 0.15) is 44.5 Å². The van der Waals surface area contributed by atoms with E-state index in [-0.39, 0.29) is 11.6 Å². The van der Waals surface area contributed by atoms with Crippen LogP contribution in [0, 0.1) is 67.0 Å². The van der Waals surface area contributed by atoms with Gasteiger partial charge in [0.25, 0.3) is 0 Å². The Bertz CT molecular complexity index is 2890. The predicted octanol–water partition coefficient (Wildman–Crippen LogP) is 19.5. The molecule has 0 saturated heterocycles. The van der Waals surface area contributed by atoms with Crippen LogP contribution in [-0.2, 0) is 0 Å². The third-order valence-corrected chi connectivity index (χ3v) is 12.3. The number of aryl methyl sites for hydroxylation is 8. The summed E-state index contributed by atoms with van der Waals surface area (Å²) in [6.45, 7) is 16.6. The van der Waals surface area contributed by atoms with Crippen molar-refractivity contribution in [2.75, 3.05) is 0 Å².